The summed E-state index contributed by atoms with van der Waals surface area (Å²) >= 11 is 0. The highest BCUT2D eigenvalue weighted by atomic mass is 16.6. The lowest BCUT2D eigenvalue weighted by Gasteiger charge is -2.15. The zero-order valence-electron chi connectivity index (χ0n) is 11.2. The monoisotopic (exact) mass is 279 g/mol. The summed E-state index contributed by atoms with van der Waals surface area (Å²) in [5, 5.41) is 22.8. The number of rotatable bonds is 6. The summed E-state index contributed by atoms with van der Waals surface area (Å²) in [5.41, 5.74) is -0.431. The van der Waals surface area contributed by atoms with Crippen LogP contribution in [0.4, 0.5) is 5.69 Å². The van der Waals surface area contributed by atoms with E-state index in [4.69, 9.17) is 0 Å². The van der Waals surface area contributed by atoms with E-state index in [0.29, 0.717) is 19.1 Å². The first-order valence-electron chi connectivity index (χ1n) is 6.45. The van der Waals surface area contributed by atoms with Gasteiger partial charge in [0.05, 0.1) is 4.92 Å². The Morgan fingerprint density at radius 3 is 2.85 bits per heavy atom. The maximum atomic E-state index is 11.9. The maximum Gasteiger partial charge on any atom is 0.282 e. The van der Waals surface area contributed by atoms with E-state index in [9.17, 15) is 20.0 Å². The zero-order valence-corrected chi connectivity index (χ0v) is 11.2. The standard InChI is InChI=1S/C13H17N3O4/c1-15(9-2-3-9)7-6-14-13(18)11-8-10(17)4-5-12(11)16(19)20/h4-5,8-9,17H,2-3,6-7H2,1H3,(H,14,18). The van der Waals surface area contributed by atoms with E-state index in [-0.39, 0.29) is 17.0 Å². The summed E-state index contributed by atoms with van der Waals surface area (Å²) in [6, 6.07) is 4.02. The molecule has 0 aromatic heterocycles. The lowest BCUT2D eigenvalue weighted by Crippen LogP contribution is -2.34. The number of aromatic hydroxyl groups is 1. The molecule has 108 valence electrons. The number of hydrogen-bond acceptors (Lipinski definition) is 5. The lowest BCUT2D eigenvalue weighted by atomic mass is 10.1. The van der Waals surface area contributed by atoms with E-state index in [1.807, 2.05) is 7.05 Å². The Labute approximate surface area is 116 Å². The Bertz CT molecular complexity index is 528. The molecule has 2 N–H and O–H groups in total. The van der Waals surface area contributed by atoms with Crippen molar-refractivity contribution in [3.05, 3.63) is 33.9 Å². The molecule has 1 aromatic rings. The van der Waals surface area contributed by atoms with Gasteiger partial charge in [-0.3, -0.25) is 14.9 Å². The van der Waals surface area contributed by atoms with Crippen molar-refractivity contribution in [3.8, 4) is 5.75 Å². The molecule has 20 heavy (non-hydrogen) atoms. The summed E-state index contributed by atoms with van der Waals surface area (Å²) in [6.07, 6.45) is 2.37. The average Bonchev–Trinajstić information content (AvgIpc) is 3.22. The quantitative estimate of drug-likeness (QED) is 0.601. The molecule has 0 atom stereocenters. The fourth-order valence-electron chi connectivity index (χ4n) is 2.00. The lowest BCUT2D eigenvalue weighted by molar-refractivity contribution is -0.385. The van der Waals surface area contributed by atoms with Crippen molar-refractivity contribution < 1.29 is 14.8 Å². The van der Waals surface area contributed by atoms with Crippen LogP contribution in [0.2, 0.25) is 0 Å². The second-order valence-corrected chi connectivity index (χ2v) is 4.93. The van der Waals surface area contributed by atoms with Crippen molar-refractivity contribution in [2.24, 2.45) is 0 Å². The second kappa shape index (κ2) is 5.87. The Morgan fingerprint density at radius 2 is 2.25 bits per heavy atom. The topological polar surface area (TPSA) is 95.7 Å². The number of nitro groups is 1. The predicted octanol–water partition coefficient (Wildman–Crippen LogP) is 1.12. The number of nitrogens with one attached hydrogen (secondary N) is 1. The van der Waals surface area contributed by atoms with E-state index < -0.39 is 10.8 Å². The van der Waals surface area contributed by atoms with Crippen molar-refractivity contribution in [1.82, 2.24) is 10.2 Å². The van der Waals surface area contributed by atoms with Crippen LogP contribution in [0, 0.1) is 10.1 Å². The third-order valence-corrected chi connectivity index (χ3v) is 3.34. The Hall–Kier alpha value is -2.15. The van der Waals surface area contributed by atoms with Crippen molar-refractivity contribution >= 4 is 11.6 Å². The highest BCUT2D eigenvalue weighted by Crippen LogP contribution is 2.25. The number of hydrogen-bond donors (Lipinski definition) is 2. The van der Waals surface area contributed by atoms with Gasteiger partial charge in [-0.1, -0.05) is 0 Å². The number of carbonyl (C=O) groups excluding carboxylic acids is 1. The molecular weight excluding hydrogens is 262 g/mol. The fourth-order valence-corrected chi connectivity index (χ4v) is 2.00. The SMILES string of the molecule is CN(CCNC(=O)c1cc(O)ccc1[N+](=O)[O-])C1CC1. The van der Waals surface area contributed by atoms with E-state index in [1.165, 1.54) is 18.9 Å². The minimum absolute atomic E-state index is 0.121. The number of nitrogens with zero attached hydrogens (tertiary/aromatic N) is 2. The van der Waals surface area contributed by atoms with Gasteiger partial charge in [0.1, 0.15) is 11.3 Å². The summed E-state index contributed by atoms with van der Waals surface area (Å²) in [6.45, 7) is 1.11. The molecule has 0 radical (unpaired) electrons. The maximum absolute atomic E-state index is 11.9. The number of phenols is 1. The van der Waals surface area contributed by atoms with Crippen LogP contribution < -0.4 is 5.32 Å². The number of likely N-dealkylation sites (N-methyl/N-ethyl adjacent to an activating group) is 1. The molecule has 1 fully saturated rings. The van der Waals surface area contributed by atoms with Gasteiger partial charge in [-0.25, -0.2) is 0 Å². The molecule has 0 aliphatic heterocycles. The van der Waals surface area contributed by atoms with Crippen LogP contribution in [-0.4, -0.2) is 47.0 Å². The van der Waals surface area contributed by atoms with Gasteiger partial charge in [0, 0.05) is 25.2 Å². The molecule has 1 amide bonds. The van der Waals surface area contributed by atoms with Crippen LogP contribution in [0.5, 0.6) is 5.75 Å². The molecule has 0 spiro atoms. The number of amides is 1. The summed E-state index contributed by atoms with van der Waals surface area (Å²) < 4.78 is 0. The normalized spacial score (nSPS) is 14.3. The van der Waals surface area contributed by atoms with Crippen LogP contribution in [-0.2, 0) is 0 Å². The van der Waals surface area contributed by atoms with Gasteiger partial charge >= 0.3 is 0 Å². The van der Waals surface area contributed by atoms with Crippen LogP contribution in [0.15, 0.2) is 18.2 Å². The molecule has 7 nitrogen and oxygen atoms in total. The smallest absolute Gasteiger partial charge is 0.282 e. The number of carbonyl (C=O) groups is 1. The van der Waals surface area contributed by atoms with Gasteiger partial charge in [-0.2, -0.15) is 0 Å². The van der Waals surface area contributed by atoms with E-state index in [1.54, 1.807) is 0 Å². The summed E-state index contributed by atoms with van der Waals surface area (Å²) in [4.78, 5) is 24.3. The Kier molecular flexibility index (Phi) is 4.19. The van der Waals surface area contributed by atoms with E-state index >= 15 is 0 Å². The van der Waals surface area contributed by atoms with Crippen molar-refractivity contribution in [2.45, 2.75) is 18.9 Å². The molecule has 0 unspecified atom stereocenters. The molecule has 1 aliphatic rings. The van der Waals surface area contributed by atoms with E-state index in [0.717, 1.165) is 12.1 Å². The molecule has 1 aliphatic carbocycles. The molecule has 0 bridgehead atoms. The fraction of sp³-hybridized carbons (Fsp3) is 0.462. The Morgan fingerprint density at radius 1 is 1.55 bits per heavy atom. The van der Waals surface area contributed by atoms with Crippen molar-refractivity contribution in [1.29, 1.82) is 0 Å². The first-order valence-corrected chi connectivity index (χ1v) is 6.45. The molecule has 7 heteroatoms. The first-order chi connectivity index (χ1) is 9.49. The van der Waals surface area contributed by atoms with E-state index in [2.05, 4.69) is 10.2 Å². The minimum atomic E-state index is -0.634. The average molecular weight is 279 g/mol. The van der Waals surface area contributed by atoms with Gasteiger partial charge in [0.15, 0.2) is 0 Å². The number of nitro benzene ring substituents is 1. The highest BCUT2D eigenvalue weighted by molar-refractivity contribution is 5.98. The van der Waals surface area contributed by atoms with Crippen LogP contribution in [0.1, 0.15) is 23.2 Å². The van der Waals surface area contributed by atoms with Gasteiger partial charge in [-0.15, -0.1) is 0 Å². The molecule has 1 saturated carbocycles. The predicted molar refractivity (Wildman–Crippen MR) is 72.7 cm³/mol. The third kappa shape index (κ3) is 3.45. The van der Waals surface area contributed by atoms with Gasteiger partial charge in [-0.05, 0) is 32.0 Å². The molecule has 0 saturated heterocycles. The van der Waals surface area contributed by atoms with Gasteiger partial charge < -0.3 is 15.3 Å². The van der Waals surface area contributed by atoms with Gasteiger partial charge in [0.25, 0.3) is 11.6 Å². The largest absolute Gasteiger partial charge is 0.508 e. The molecule has 2 rings (SSSR count). The minimum Gasteiger partial charge on any atom is -0.508 e. The number of phenolic OH excluding ortho intramolecular Hbond substituents is 1. The molecular formula is C13H17N3O4. The zero-order chi connectivity index (χ0) is 14.7. The van der Waals surface area contributed by atoms with Crippen molar-refractivity contribution in [2.75, 3.05) is 20.1 Å². The van der Waals surface area contributed by atoms with Gasteiger partial charge in [0.2, 0.25) is 0 Å². The second-order valence-electron chi connectivity index (χ2n) is 4.93. The van der Waals surface area contributed by atoms with Crippen LogP contribution >= 0.6 is 0 Å². The third-order valence-electron chi connectivity index (χ3n) is 3.34. The summed E-state index contributed by atoms with van der Waals surface area (Å²) in [7, 11) is 1.99. The van der Waals surface area contributed by atoms with Crippen molar-refractivity contribution in [3.63, 3.8) is 0 Å². The number of benzene rings is 1. The highest BCUT2D eigenvalue weighted by Gasteiger charge is 2.26. The first kappa shape index (κ1) is 14.3. The Balaban J connectivity index is 1.97. The summed E-state index contributed by atoms with van der Waals surface area (Å²) in [5.74, 6) is -0.715. The molecule has 1 aromatic carbocycles. The molecule has 0 heterocycles. The van der Waals surface area contributed by atoms with Crippen LogP contribution in [0.25, 0.3) is 0 Å². The van der Waals surface area contributed by atoms with Crippen LogP contribution in [0.3, 0.4) is 0 Å².